The smallest absolute Gasteiger partial charge is 0.243 e. The molecule has 11 atom stereocenters. The zero-order chi connectivity index (χ0) is 33.1. The molecule has 1 aromatic rings. The summed E-state index contributed by atoms with van der Waals surface area (Å²) in [5, 5.41) is 26.8. The molecule has 0 bridgehead atoms. The van der Waals surface area contributed by atoms with Crippen LogP contribution in [0.1, 0.15) is 131 Å². The number of nitrogens with two attached hydrogens (primary N) is 1. The van der Waals surface area contributed by atoms with Crippen molar-refractivity contribution in [3.05, 3.63) is 10.6 Å². The van der Waals surface area contributed by atoms with Crippen molar-refractivity contribution in [2.24, 2.45) is 51.6 Å². The molecule has 1 aromatic heterocycles. The third-order valence-corrected chi connectivity index (χ3v) is 15.5. The van der Waals surface area contributed by atoms with Crippen molar-refractivity contribution < 1.29 is 19.7 Å². The molecule has 4 fully saturated rings. The largest absolute Gasteiger partial charge is 0.393 e. The third kappa shape index (κ3) is 5.00. The number of carbonyl (C=O) groups is 1. The Morgan fingerprint density at radius 3 is 2.36 bits per heavy atom. The van der Waals surface area contributed by atoms with Crippen LogP contribution in [-0.2, 0) is 21.4 Å². The topological polar surface area (TPSA) is 118 Å². The van der Waals surface area contributed by atoms with E-state index in [9.17, 15) is 15.0 Å². The minimum Gasteiger partial charge on any atom is -0.393 e. The van der Waals surface area contributed by atoms with E-state index in [1.165, 1.54) is 4.88 Å². The van der Waals surface area contributed by atoms with E-state index in [0.717, 1.165) is 57.1 Å². The highest BCUT2D eigenvalue weighted by molar-refractivity contribution is 7.15. The van der Waals surface area contributed by atoms with Crippen LogP contribution in [0.25, 0.3) is 0 Å². The van der Waals surface area contributed by atoms with E-state index in [1.807, 2.05) is 13.8 Å². The molecule has 254 valence electrons. The fourth-order valence-corrected chi connectivity index (χ4v) is 13.5. The lowest BCUT2D eigenvalue weighted by atomic mass is 9.35. The monoisotopic (exact) mass is 643 g/mol. The number of hydrogen-bond acceptors (Lipinski definition) is 7. The highest BCUT2D eigenvalue weighted by atomic mass is 32.1. The summed E-state index contributed by atoms with van der Waals surface area (Å²) in [7, 11) is 0. The number of anilines is 1. The van der Waals surface area contributed by atoms with Gasteiger partial charge in [-0.1, -0.05) is 48.5 Å². The number of aromatic nitrogens is 1. The van der Waals surface area contributed by atoms with E-state index < -0.39 is 11.6 Å². The SMILES string of the molecule is CC(C)C[C@H](N)C(=O)Nc1nc2c(s1)C[C@]1(C)[C@H]3C[C@@H](O)[C@H]4[C@@H]([C@]5(C)CC[C@H](C(C)(C)O)O5)CC[C@@]4(C)[C@]3(C)CC[C@H]1C2(C)C. The summed E-state index contributed by atoms with van der Waals surface area (Å²) in [6.07, 6.45) is 8.17. The average molecular weight is 644 g/mol. The van der Waals surface area contributed by atoms with Crippen LogP contribution in [0.15, 0.2) is 0 Å². The molecule has 0 radical (unpaired) electrons. The van der Waals surface area contributed by atoms with Gasteiger partial charge in [0.1, 0.15) is 0 Å². The molecule has 5 N–H and O–H groups in total. The number of nitrogens with one attached hydrogen (secondary N) is 1. The molecule has 3 saturated carbocycles. The Labute approximate surface area is 275 Å². The van der Waals surface area contributed by atoms with Gasteiger partial charge in [-0.3, -0.25) is 4.79 Å². The molecular weight excluding hydrogens is 582 g/mol. The van der Waals surface area contributed by atoms with Crippen molar-refractivity contribution in [3.8, 4) is 0 Å². The quantitative estimate of drug-likeness (QED) is 0.270. The van der Waals surface area contributed by atoms with Crippen LogP contribution in [0.5, 0.6) is 0 Å². The molecular formula is C37H61N3O4S. The maximum Gasteiger partial charge on any atom is 0.243 e. The van der Waals surface area contributed by atoms with Crippen molar-refractivity contribution >= 4 is 22.4 Å². The van der Waals surface area contributed by atoms with Gasteiger partial charge in [-0.05, 0) is 124 Å². The van der Waals surface area contributed by atoms with E-state index in [-0.39, 0.29) is 57.2 Å². The number of aliphatic hydroxyl groups excluding tert-OH is 1. The maximum absolute atomic E-state index is 12.9. The van der Waals surface area contributed by atoms with Crippen LogP contribution in [0.3, 0.4) is 0 Å². The lowest BCUT2D eigenvalue weighted by Gasteiger charge is -2.69. The molecule has 2 heterocycles. The summed E-state index contributed by atoms with van der Waals surface area (Å²) in [6, 6.07) is -0.537. The Hall–Kier alpha value is -1.06. The van der Waals surface area contributed by atoms with Gasteiger partial charge in [0, 0.05) is 10.3 Å². The summed E-state index contributed by atoms with van der Waals surface area (Å²) >= 11 is 1.63. The van der Waals surface area contributed by atoms with Gasteiger partial charge in [0.05, 0.1) is 35.1 Å². The lowest BCUT2D eigenvalue weighted by Crippen LogP contribution is -2.66. The van der Waals surface area contributed by atoms with Gasteiger partial charge in [-0.15, -0.1) is 11.3 Å². The van der Waals surface area contributed by atoms with Gasteiger partial charge in [0.15, 0.2) is 5.13 Å². The highest BCUT2D eigenvalue weighted by Gasteiger charge is 2.72. The van der Waals surface area contributed by atoms with Crippen LogP contribution in [-0.4, -0.2) is 50.6 Å². The van der Waals surface area contributed by atoms with Crippen molar-refractivity contribution in [2.75, 3.05) is 5.32 Å². The van der Waals surface area contributed by atoms with Gasteiger partial charge in [-0.25, -0.2) is 4.98 Å². The van der Waals surface area contributed by atoms with Crippen molar-refractivity contribution in [2.45, 2.75) is 162 Å². The fourth-order valence-electron chi connectivity index (χ4n) is 12.2. The van der Waals surface area contributed by atoms with Crippen LogP contribution < -0.4 is 11.1 Å². The Kier molecular flexibility index (Phi) is 8.06. The van der Waals surface area contributed by atoms with Crippen LogP contribution in [0.2, 0.25) is 0 Å². The Morgan fingerprint density at radius 1 is 1.07 bits per heavy atom. The predicted octanol–water partition coefficient (Wildman–Crippen LogP) is 6.83. The first-order chi connectivity index (χ1) is 20.7. The Balaban J connectivity index is 1.30. The van der Waals surface area contributed by atoms with E-state index >= 15 is 0 Å². The summed E-state index contributed by atoms with van der Waals surface area (Å²) in [6.45, 7) is 22.5. The Bertz CT molecular complexity index is 1320. The molecule has 0 spiro atoms. The molecule has 45 heavy (non-hydrogen) atoms. The molecule has 4 aliphatic carbocycles. The number of rotatable bonds is 6. The standard InChI is InChI=1S/C37H61N3O4S/c1-20(2)17-22(38)30(42)40-31-39-29-24(45-31)19-34(7)25(32(29,3)4)12-15-35(8)26(34)18-23(41)28-21(11-14-36(28,35)9)37(10)16-13-27(44-37)33(5,6)43/h20-23,25-28,41,43H,11-19,38H2,1-10H3,(H,39,40,42)/t21-,22-,23+,25-,26+,27+,28+,34-,35+,36+,37-/m0/s1. The van der Waals surface area contributed by atoms with Gasteiger partial charge in [-0.2, -0.15) is 0 Å². The van der Waals surface area contributed by atoms with Crippen molar-refractivity contribution in [3.63, 3.8) is 0 Å². The van der Waals surface area contributed by atoms with Gasteiger partial charge in [0.25, 0.3) is 0 Å². The lowest BCUT2D eigenvalue weighted by molar-refractivity contribution is -0.227. The average Bonchev–Trinajstić information content (AvgIpc) is 3.61. The number of fused-ring (bicyclic) bond motifs is 6. The predicted molar refractivity (Wildman–Crippen MR) is 181 cm³/mol. The number of nitrogens with zero attached hydrogens (tertiary/aromatic N) is 1. The summed E-state index contributed by atoms with van der Waals surface area (Å²) in [5.74, 6) is 1.51. The van der Waals surface area contributed by atoms with Crippen molar-refractivity contribution in [1.29, 1.82) is 0 Å². The van der Waals surface area contributed by atoms with Gasteiger partial charge >= 0.3 is 0 Å². The second-order valence-corrected chi connectivity index (χ2v) is 19.6. The summed E-state index contributed by atoms with van der Waals surface area (Å²) < 4.78 is 6.74. The molecule has 7 nitrogen and oxygen atoms in total. The fraction of sp³-hybridized carbons (Fsp3) is 0.892. The first kappa shape index (κ1) is 33.8. The van der Waals surface area contributed by atoms with E-state index in [4.69, 9.17) is 15.5 Å². The zero-order valence-corrected chi connectivity index (χ0v) is 30.4. The first-order valence-corrected chi connectivity index (χ1v) is 18.6. The number of amides is 1. The number of carbonyl (C=O) groups excluding carboxylic acids is 1. The first-order valence-electron chi connectivity index (χ1n) is 17.8. The minimum atomic E-state index is -0.860. The molecule has 1 saturated heterocycles. The van der Waals surface area contributed by atoms with E-state index in [1.54, 1.807) is 11.3 Å². The molecule has 1 amide bonds. The second kappa shape index (κ2) is 10.7. The minimum absolute atomic E-state index is 0.0109. The van der Waals surface area contributed by atoms with Gasteiger partial charge < -0.3 is 26.0 Å². The Morgan fingerprint density at radius 2 is 1.73 bits per heavy atom. The molecule has 0 aromatic carbocycles. The summed E-state index contributed by atoms with van der Waals surface area (Å²) in [5.41, 5.74) is 6.16. The van der Waals surface area contributed by atoms with E-state index in [0.29, 0.717) is 29.3 Å². The number of thiazole rings is 1. The molecule has 1 aliphatic heterocycles. The number of aliphatic hydroxyl groups is 2. The highest BCUT2D eigenvalue weighted by Crippen LogP contribution is 2.76. The summed E-state index contributed by atoms with van der Waals surface area (Å²) in [4.78, 5) is 19.3. The maximum atomic E-state index is 12.9. The second-order valence-electron chi connectivity index (χ2n) is 18.5. The van der Waals surface area contributed by atoms with Crippen LogP contribution in [0.4, 0.5) is 5.13 Å². The molecule has 6 rings (SSSR count). The third-order valence-electron chi connectivity index (χ3n) is 14.6. The number of hydrogen-bond donors (Lipinski definition) is 4. The van der Waals surface area contributed by atoms with Gasteiger partial charge in [0.2, 0.25) is 5.91 Å². The van der Waals surface area contributed by atoms with Crippen LogP contribution in [0, 0.1) is 45.8 Å². The molecule has 0 unspecified atom stereocenters. The van der Waals surface area contributed by atoms with Crippen molar-refractivity contribution in [1.82, 2.24) is 4.98 Å². The zero-order valence-electron chi connectivity index (χ0n) is 29.6. The molecule has 5 aliphatic rings. The normalized spacial score (nSPS) is 44.6. The van der Waals surface area contributed by atoms with Crippen LogP contribution >= 0.6 is 11.3 Å². The molecule has 8 heteroatoms. The van der Waals surface area contributed by atoms with E-state index in [2.05, 4.69) is 60.7 Å². The number of ether oxygens (including phenoxy) is 1.